The fourth-order valence-electron chi connectivity index (χ4n) is 9.54. The highest BCUT2D eigenvalue weighted by Crippen LogP contribution is 2.17. The molecule has 0 aromatic rings. The van der Waals surface area contributed by atoms with Crippen molar-refractivity contribution in [2.24, 2.45) is 0 Å². The number of carbonyl (C=O) groups excluding carboxylic acids is 3. The number of esters is 3. The molecule has 0 aromatic carbocycles. The monoisotopic (exact) mass is 1100 g/mol. The van der Waals surface area contributed by atoms with Gasteiger partial charge in [0.15, 0.2) is 6.10 Å². The van der Waals surface area contributed by atoms with E-state index in [4.69, 9.17) is 14.2 Å². The van der Waals surface area contributed by atoms with Crippen LogP contribution in [0.25, 0.3) is 0 Å². The predicted molar refractivity (Wildman–Crippen MR) is 344 cm³/mol. The molecule has 79 heavy (non-hydrogen) atoms. The summed E-state index contributed by atoms with van der Waals surface area (Å²) in [6.45, 7) is 6.46. The van der Waals surface area contributed by atoms with E-state index in [9.17, 15) is 14.4 Å². The van der Waals surface area contributed by atoms with Crippen LogP contribution in [-0.4, -0.2) is 37.2 Å². The standard InChI is InChI=1S/C73H126O6/c1-4-7-10-13-15-17-19-21-23-25-27-29-31-33-34-35-36-37-38-40-41-43-45-47-49-51-53-55-57-60-63-66-72(75)78-69-70(68-77-71(74)65-62-59-12-9-6-3)79-73(76)67-64-61-58-56-54-52-50-48-46-44-42-39-32-30-28-26-24-22-20-18-16-14-11-8-5-2/h7,10,15,17,20-23,26-29,33-34,36-37,70H,4-6,8-9,11-14,16,18-19,24-25,30-32,35,38-69H2,1-3H3/b10-7-,17-15-,22-20-,23-21-,28-26-,29-27-,34-33-,37-36-. The van der Waals surface area contributed by atoms with Crippen LogP contribution in [0.2, 0.25) is 0 Å². The number of allylic oxidation sites excluding steroid dienone is 16. The van der Waals surface area contributed by atoms with Gasteiger partial charge in [-0.05, 0) is 103 Å². The van der Waals surface area contributed by atoms with E-state index in [2.05, 4.69) is 118 Å². The number of hydrogen-bond acceptors (Lipinski definition) is 6. The third-order valence-electron chi connectivity index (χ3n) is 14.6. The Morgan fingerprint density at radius 3 is 0.772 bits per heavy atom. The molecule has 6 heteroatoms. The third kappa shape index (κ3) is 65.0. The molecular weight excluding hydrogens is 973 g/mol. The Morgan fingerprint density at radius 1 is 0.266 bits per heavy atom. The van der Waals surface area contributed by atoms with Gasteiger partial charge in [-0.25, -0.2) is 0 Å². The molecule has 0 bridgehead atoms. The fraction of sp³-hybridized carbons (Fsp3) is 0.740. The van der Waals surface area contributed by atoms with Crippen LogP contribution in [0.15, 0.2) is 97.2 Å². The second-order valence-corrected chi connectivity index (χ2v) is 22.4. The number of hydrogen-bond donors (Lipinski definition) is 0. The van der Waals surface area contributed by atoms with Crippen LogP contribution in [0.1, 0.15) is 329 Å². The molecule has 0 N–H and O–H groups in total. The lowest BCUT2D eigenvalue weighted by atomic mass is 10.0. The maximum absolute atomic E-state index is 12.8. The van der Waals surface area contributed by atoms with Crippen molar-refractivity contribution in [3.8, 4) is 0 Å². The maximum Gasteiger partial charge on any atom is 0.306 e. The normalized spacial score (nSPS) is 12.7. The predicted octanol–water partition coefficient (Wildman–Crippen LogP) is 23.2. The quantitative estimate of drug-likeness (QED) is 0.0261. The summed E-state index contributed by atoms with van der Waals surface area (Å²) in [6.07, 6.45) is 90.5. The molecule has 6 nitrogen and oxygen atoms in total. The van der Waals surface area contributed by atoms with Gasteiger partial charge in [0, 0.05) is 19.3 Å². The summed E-state index contributed by atoms with van der Waals surface area (Å²) in [4.78, 5) is 38.0. The first-order valence-electron chi connectivity index (χ1n) is 33.7. The zero-order valence-electron chi connectivity index (χ0n) is 52.1. The first kappa shape index (κ1) is 75.3. The average molecular weight is 1100 g/mol. The molecule has 0 aliphatic carbocycles. The number of carbonyl (C=O) groups is 3. The van der Waals surface area contributed by atoms with Crippen LogP contribution in [0.4, 0.5) is 0 Å². The Balaban J connectivity index is 4.01. The van der Waals surface area contributed by atoms with Gasteiger partial charge in [-0.3, -0.25) is 14.4 Å². The van der Waals surface area contributed by atoms with E-state index < -0.39 is 6.10 Å². The highest BCUT2D eigenvalue weighted by molar-refractivity contribution is 5.71. The minimum atomic E-state index is -0.775. The Bertz CT molecular complexity index is 1540. The summed E-state index contributed by atoms with van der Waals surface area (Å²) in [6, 6.07) is 0. The summed E-state index contributed by atoms with van der Waals surface area (Å²) in [5.74, 6) is -0.881. The van der Waals surface area contributed by atoms with Gasteiger partial charge in [0.05, 0.1) is 0 Å². The third-order valence-corrected chi connectivity index (χ3v) is 14.6. The maximum atomic E-state index is 12.8. The molecule has 0 aliphatic heterocycles. The van der Waals surface area contributed by atoms with Gasteiger partial charge in [-0.2, -0.15) is 0 Å². The number of ether oxygens (including phenoxy) is 3. The van der Waals surface area contributed by atoms with Crippen molar-refractivity contribution in [1.82, 2.24) is 0 Å². The molecule has 0 radical (unpaired) electrons. The molecule has 0 fully saturated rings. The lowest BCUT2D eigenvalue weighted by Crippen LogP contribution is -2.30. The Kier molecular flexibility index (Phi) is 63.7. The van der Waals surface area contributed by atoms with Crippen molar-refractivity contribution >= 4 is 17.9 Å². The van der Waals surface area contributed by atoms with Gasteiger partial charge in [-0.1, -0.05) is 304 Å². The van der Waals surface area contributed by atoms with Crippen LogP contribution in [0, 0.1) is 0 Å². The van der Waals surface area contributed by atoms with Crippen molar-refractivity contribution in [1.29, 1.82) is 0 Å². The lowest BCUT2D eigenvalue weighted by molar-refractivity contribution is -0.167. The molecule has 1 atom stereocenters. The molecule has 0 amide bonds. The summed E-state index contributed by atoms with van der Waals surface area (Å²) in [5, 5.41) is 0. The zero-order valence-corrected chi connectivity index (χ0v) is 52.1. The molecule has 0 aromatic heterocycles. The second-order valence-electron chi connectivity index (χ2n) is 22.4. The molecule has 0 heterocycles. The van der Waals surface area contributed by atoms with E-state index in [0.29, 0.717) is 19.3 Å². The largest absolute Gasteiger partial charge is 0.462 e. The van der Waals surface area contributed by atoms with Crippen molar-refractivity contribution < 1.29 is 28.6 Å². The Labute approximate surface area is 489 Å². The molecule has 454 valence electrons. The van der Waals surface area contributed by atoms with Crippen LogP contribution < -0.4 is 0 Å². The van der Waals surface area contributed by atoms with E-state index in [-0.39, 0.29) is 31.1 Å². The molecule has 0 rings (SSSR count). The van der Waals surface area contributed by atoms with Crippen LogP contribution in [0.3, 0.4) is 0 Å². The van der Waals surface area contributed by atoms with E-state index >= 15 is 0 Å². The van der Waals surface area contributed by atoms with E-state index in [1.807, 2.05) is 0 Å². The highest BCUT2D eigenvalue weighted by atomic mass is 16.6. The van der Waals surface area contributed by atoms with E-state index in [1.54, 1.807) is 0 Å². The minimum Gasteiger partial charge on any atom is -0.462 e. The topological polar surface area (TPSA) is 78.9 Å². The van der Waals surface area contributed by atoms with Crippen LogP contribution in [0.5, 0.6) is 0 Å². The van der Waals surface area contributed by atoms with E-state index in [1.165, 1.54) is 180 Å². The van der Waals surface area contributed by atoms with Gasteiger partial charge >= 0.3 is 17.9 Å². The van der Waals surface area contributed by atoms with Gasteiger partial charge in [-0.15, -0.1) is 0 Å². The highest BCUT2D eigenvalue weighted by Gasteiger charge is 2.19. The molecule has 0 aliphatic rings. The van der Waals surface area contributed by atoms with Crippen molar-refractivity contribution in [2.75, 3.05) is 13.2 Å². The smallest absolute Gasteiger partial charge is 0.306 e. The molecule has 1 unspecified atom stereocenters. The summed E-state index contributed by atoms with van der Waals surface area (Å²) < 4.78 is 16.8. The fourth-order valence-corrected chi connectivity index (χ4v) is 9.54. The molecular formula is C73H126O6. The molecule has 0 spiro atoms. The average Bonchev–Trinajstić information content (AvgIpc) is 3.45. The van der Waals surface area contributed by atoms with Gasteiger partial charge in [0.1, 0.15) is 13.2 Å². The molecule has 0 saturated carbocycles. The first-order valence-corrected chi connectivity index (χ1v) is 33.7. The minimum absolute atomic E-state index is 0.0763. The van der Waals surface area contributed by atoms with Gasteiger partial charge < -0.3 is 14.2 Å². The van der Waals surface area contributed by atoms with E-state index in [0.717, 1.165) is 109 Å². The Morgan fingerprint density at radius 2 is 0.494 bits per heavy atom. The SMILES string of the molecule is CC/C=C\C/C=C\C/C=C\C/C=C\C/C=C\C/C=C\CCCCCCCCCCCCCCC(=O)OCC(COC(=O)CCCCCCC)OC(=O)CCCCCCCCCCCCCCC/C=C\C/C=C\CCCCCCC. The van der Waals surface area contributed by atoms with Crippen LogP contribution in [-0.2, 0) is 28.6 Å². The summed E-state index contributed by atoms with van der Waals surface area (Å²) in [7, 11) is 0. The van der Waals surface area contributed by atoms with Gasteiger partial charge in [0.2, 0.25) is 0 Å². The van der Waals surface area contributed by atoms with Crippen LogP contribution >= 0.6 is 0 Å². The Hall–Kier alpha value is -3.67. The zero-order chi connectivity index (χ0) is 57.1. The summed E-state index contributed by atoms with van der Waals surface area (Å²) in [5.41, 5.74) is 0. The lowest BCUT2D eigenvalue weighted by Gasteiger charge is -2.18. The summed E-state index contributed by atoms with van der Waals surface area (Å²) >= 11 is 0. The first-order chi connectivity index (χ1) is 39.0. The molecule has 0 saturated heterocycles. The number of rotatable bonds is 61. The van der Waals surface area contributed by atoms with Crippen molar-refractivity contribution in [3.63, 3.8) is 0 Å². The van der Waals surface area contributed by atoms with Gasteiger partial charge in [0.25, 0.3) is 0 Å². The van der Waals surface area contributed by atoms with Crippen molar-refractivity contribution in [3.05, 3.63) is 97.2 Å². The second kappa shape index (κ2) is 66.8. The number of unbranched alkanes of at least 4 members (excludes halogenated alkanes) is 34. The van der Waals surface area contributed by atoms with Crippen molar-refractivity contribution in [2.45, 2.75) is 335 Å².